The van der Waals surface area contributed by atoms with Crippen molar-refractivity contribution in [3.05, 3.63) is 86.9 Å². The van der Waals surface area contributed by atoms with Crippen LogP contribution in [-0.2, 0) is 14.9 Å². The van der Waals surface area contributed by atoms with E-state index in [-0.39, 0.29) is 33.6 Å². The standard InChI is InChI=1S/C26H22Cl2N2O5S/c1-4-34-24-13-18(11-19(15-29)26(31)30-23-14-20(27)8-7-17(23)3)12-22(28)25(24)35-36(32,33)21-9-5-16(2)6-10-21/h5-14H,4H2,1-3H3,(H,30,31)/b19-11+. The second kappa shape index (κ2) is 11.5. The SMILES string of the molecule is CCOc1cc(/C=C(\C#N)C(=O)Nc2cc(Cl)ccc2C)cc(Cl)c1OS(=O)(=O)c1ccc(C)cc1. The molecule has 0 aliphatic heterocycles. The minimum atomic E-state index is -4.20. The maximum atomic E-state index is 12.8. The number of nitrogens with zero attached hydrogens (tertiary/aromatic N) is 1. The first-order valence-corrected chi connectivity index (χ1v) is 12.9. The number of hydrogen-bond donors (Lipinski definition) is 1. The van der Waals surface area contributed by atoms with Crippen LogP contribution in [0.15, 0.2) is 65.1 Å². The Hall–Kier alpha value is -3.51. The number of halogens is 2. The van der Waals surface area contributed by atoms with Crippen molar-refractivity contribution >= 4 is 51.0 Å². The molecule has 0 bridgehead atoms. The van der Waals surface area contributed by atoms with Crippen molar-refractivity contribution in [1.82, 2.24) is 0 Å². The van der Waals surface area contributed by atoms with Gasteiger partial charge in [0.25, 0.3) is 5.91 Å². The summed E-state index contributed by atoms with van der Waals surface area (Å²) in [6, 6.07) is 15.8. The molecule has 36 heavy (non-hydrogen) atoms. The van der Waals surface area contributed by atoms with Gasteiger partial charge in [-0.15, -0.1) is 0 Å². The number of anilines is 1. The monoisotopic (exact) mass is 544 g/mol. The molecule has 3 aromatic rings. The van der Waals surface area contributed by atoms with Gasteiger partial charge in [0.1, 0.15) is 16.5 Å². The summed E-state index contributed by atoms with van der Waals surface area (Å²) in [7, 11) is -4.20. The Morgan fingerprint density at radius 3 is 2.42 bits per heavy atom. The van der Waals surface area contributed by atoms with Gasteiger partial charge in [-0.05, 0) is 74.4 Å². The Bertz CT molecular complexity index is 1480. The molecule has 0 aliphatic carbocycles. The van der Waals surface area contributed by atoms with Crippen LogP contribution >= 0.6 is 23.2 Å². The smallest absolute Gasteiger partial charge is 0.339 e. The molecule has 0 saturated carbocycles. The minimum absolute atomic E-state index is 0.0373. The van der Waals surface area contributed by atoms with Crippen LogP contribution in [0.3, 0.4) is 0 Å². The van der Waals surface area contributed by atoms with Crippen LogP contribution in [0.25, 0.3) is 6.08 Å². The lowest BCUT2D eigenvalue weighted by atomic mass is 10.1. The van der Waals surface area contributed by atoms with Crippen LogP contribution < -0.4 is 14.2 Å². The zero-order chi connectivity index (χ0) is 26.5. The quantitative estimate of drug-likeness (QED) is 0.202. The molecule has 0 atom stereocenters. The van der Waals surface area contributed by atoms with Crippen LogP contribution in [0, 0.1) is 25.2 Å². The van der Waals surface area contributed by atoms with Crippen molar-refractivity contribution in [2.75, 3.05) is 11.9 Å². The van der Waals surface area contributed by atoms with Gasteiger partial charge in [0.15, 0.2) is 5.75 Å². The van der Waals surface area contributed by atoms with E-state index < -0.39 is 16.0 Å². The van der Waals surface area contributed by atoms with E-state index in [0.29, 0.717) is 16.3 Å². The number of carbonyl (C=O) groups is 1. The number of rotatable bonds is 8. The number of nitrogens with one attached hydrogen (secondary N) is 1. The van der Waals surface area contributed by atoms with Crippen LogP contribution in [0.2, 0.25) is 10.0 Å². The molecule has 3 rings (SSSR count). The van der Waals surface area contributed by atoms with Crippen LogP contribution in [0.5, 0.6) is 11.5 Å². The molecule has 0 aliphatic rings. The molecule has 0 heterocycles. The number of ether oxygens (including phenoxy) is 1. The Morgan fingerprint density at radius 2 is 1.78 bits per heavy atom. The van der Waals surface area contributed by atoms with Crippen molar-refractivity contribution in [2.45, 2.75) is 25.7 Å². The molecule has 0 aromatic heterocycles. The number of carbonyl (C=O) groups excluding carboxylic acids is 1. The third-order valence-electron chi connectivity index (χ3n) is 4.96. The van der Waals surface area contributed by atoms with Gasteiger partial charge in [0.2, 0.25) is 5.75 Å². The molecule has 10 heteroatoms. The van der Waals surface area contributed by atoms with E-state index in [2.05, 4.69) is 5.32 Å². The summed E-state index contributed by atoms with van der Waals surface area (Å²) in [6.45, 7) is 5.51. The lowest BCUT2D eigenvalue weighted by Gasteiger charge is -2.14. The van der Waals surface area contributed by atoms with Gasteiger partial charge in [-0.1, -0.05) is 47.0 Å². The molecule has 7 nitrogen and oxygen atoms in total. The topological polar surface area (TPSA) is 105 Å². The largest absolute Gasteiger partial charge is 0.490 e. The summed E-state index contributed by atoms with van der Waals surface area (Å²) >= 11 is 12.4. The third kappa shape index (κ3) is 6.58. The summed E-state index contributed by atoms with van der Waals surface area (Å²) < 4.78 is 36.5. The Kier molecular flexibility index (Phi) is 8.64. The van der Waals surface area contributed by atoms with Crippen molar-refractivity contribution < 1.29 is 22.1 Å². The van der Waals surface area contributed by atoms with Gasteiger partial charge >= 0.3 is 10.1 Å². The molecular formula is C26H22Cl2N2O5S. The van der Waals surface area contributed by atoms with Crippen molar-refractivity contribution in [3.8, 4) is 17.6 Å². The van der Waals surface area contributed by atoms with Gasteiger partial charge in [-0.3, -0.25) is 4.79 Å². The van der Waals surface area contributed by atoms with Crippen LogP contribution in [0.4, 0.5) is 5.69 Å². The van der Waals surface area contributed by atoms with Gasteiger partial charge in [0.05, 0.1) is 11.6 Å². The summed E-state index contributed by atoms with van der Waals surface area (Å²) in [6.07, 6.45) is 1.31. The Morgan fingerprint density at radius 1 is 1.08 bits per heavy atom. The van der Waals surface area contributed by atoms with E-state index >= 15 is 0 Å². The second-order valence-electron chi connectivity index (χ2n) is 7.70. The maximum Gasteiger partial charge on any atom is 0.339 e. The zero-order valence-corrected chi connectivity index (χ0v) is 22.0. The van der Waals surface area contributed by atoms with E-state index in [9.17, 15) is 18.5 Å². The van der Waals surface area contributed by atoms with Crippen LogP contribution in [-0.4, -0.2) is 20.9 Å². The first-order chi connectivity index (χ1) is 17.0. The molecule has 186 valence electrons. The van der Waals surface area contributed by atoms with Crippen molar-refractivity contribution in [3.63, 3.8) is 0 Å². The number of benzene rings is 3. The van der Waals surface area contributed by atoms with E-state index in [1.54, 1.807) is 44.2 Å². The fourth-order valence-corrected chi connectivity index (χ4v) is 4.54. The van der Waals surface area contributed by atoms with E-state index in [0.717, 1.165) is 11.1 Å². The summed E-state index contributed by atoms with van der Waals surface area (Å²) in [5.41, 5.74) is 2.24. The fraction of sp³-hybridized carbons (Fsp3) is 0.154. The molecule has 0 unspecified atom stereocenters. The highest BCUT2D eigenvalue weighted by atomic mass is 35.5. The molecule has 0 saturated heterocycles. The number of nitriles is 1. The summed E-state index contributed by atoms with van der Waals surface area (Å²) in [5.74, 6) is -0.816. The van der Waals surface area contributed by atoms with Gasteiger partial charge in [0, 0.05) is 10.7 Å². The lowest BCUT2D eigenvalue weighted by Crippen LogP contribution is -2.14. The van der Waals surface area contributed by atoms with Gasteiger partial charge in [-0.2, -0.15) is 13.7 Å². The average molecular weight is 545 g/mol. The Balaban J connectivity index is 1.95. The van der Waals surface area contributed by atoms with E-state index in [1.807, 2.05) is 13.0 Å². The lowest BCUT2D eigenvalue weighted by molar-refractivity contribution is -0.112. The van der Waals surface area contributed by atoms with Crippen molar-refractivity contribution in [2.24, 2.45) is 0 Å². The minimum Gasteiger partial charge on any atom is -0.490 e. The first kappa shape index (κ1) is 27.1. The van der Waals surface area contributed by atoms with Gasteiger partial charge in [-0.25, -0.2) is 0 Å². The third-order valence-corrected chi connectivity index (χ3v) is 6.71. The Labute approximate surface area is 220 Å². The highest BCUT2D eigenvalue weighted by molar-refractivity contribution is 7.87. The summed E-state index contributed by atoms with van der Waals surface area (Å²) in [5, 5.41) is 12.6. The summed E-state index contributed by atoms with van der Waals surface area (Å²) in [4.78, 5) is 12.7. The normalized spacial score (nSPS) is 11.5. The molecule has 3 aromatic carbocycles. The predicted molar refractivity (Wildman–Crippen MR) is 140 cm³/mol. The maximum absolute atomic E-state index is 12.8. The number of aryl methyl sites for hydroxylation is 2. The molecule has 1 amide bonds. The van der Waals surface area contributed by atoms with Crippen molar-refractivity contribution in [1.29, 1.82) is 5.26 Å². The molecule has 0 spiro atoms. The average Bonchev–Trinajstić information content (AvgIpc) is 2.82. The molecular weight excluding hydrogens is 523 g/mol. The molecule has 1 N–H and O–H groups in total. The highest BCUT2D eigenvalue weighted by Gasteiger charge is 2.23. The van der Waals surface area contributed by atoms with E-state index in [4.69, 9.17) is 32.1 Å². The molecule has 0 fully saturated rings. The predicted octanol–water partition coefficient (Wildman–Crippen LogP) is 6.32. The number of hydrogen-bond acceptors (Lipinski definition) is 6. The zero-order valence-electron chi connectivity index (χ0n) is 19.6. The first-order valence-electron chi connectivity index (χ1n) is 10.7. The molecule has 0 radical (unpaired) electrons. The fourth-order valence-electron chi connectivity index (χ4n) is 3.11. The highest BCUT2D eigenvalue weighted by Crippen LogP contribution is 2.39. The number of amides is 1. The van der Waals surface area contributed by atoms with Crippen LogP contribution in [0.1, 0.15) is 23.6 Å². The van der Waals surface area contributed by atoms with Gasteiger partial charge < -0.3 is 14.2 Å². The second-order valence-corrected chi connectivity index (χ2v) is 10.1. The van der Waals surface area contributed by atoms with E-state index in [1.165, 1.54) is 30.3 Å².